The fraction of sp³-hybridized carbons (Fsp3) is 0.533. The first-order valence-electron chi connectivity index (χ1n) is 6.77. The highest BCUT2D eigenvalue weighted by atomic mass is 16.6. The van der Waals surface area contributed by atoms with Crippen LogP contribution in [0.15, 0.2) is 30.3 Å². The summed E-state index contributed by atoms with van der Waals surface area (Å²) in [7, 11) is 0. The first-order chi connectivity index (χ1) is 9.03. The van der Waals surface area contributed by atoms with E-state index >= 15 is 0 Å². The third kappa shape index (κ3) is 3.26. The van der Waals surface area contributed by atoms with Gasteiger partial charge in [-0.1, -0.05) is 30.3 Å². The number of hydrogen-bond acceptors (Lipinski definition) is 3. The number of ether oxygens (including phenoxy) is 1. The largest absolute Gasteiger partial charge is 0.450 e. The number of hydrogen-bond donors (Lipinski definition) is 1. The van der Waals surface area contributed by atoms with Crippen molar-refractivity contribution in [2.24, 2.45) is 0 Å². The van der Waals surface area contributed by atoms with Crippen molar-refractivity contribution in [2.45, 2.75) is 32.4 Å². The standard InChI is InChI=1S/C15H22N2O2/c1-4-19-14(18)17-11-15(2,3)16-10-13(17)12-8-6-5-7-9-12/h5-9,13,16H,4,10-11H2,1-3H3. The molecule has 1 aromatic carbocycles. The van der Waals surface area contributed by atoms with E-state index in [1.807, 2.05) is 30.0 Å². The van der Waals surface area contributed by atoms with E-state index in [9.17, 15) is 4.79 Å². The van der Waals surface area contributed by atoms with Gasteiger partial charge in [0.1, 0.15) is 0 Å². The van der Waals surface area contributed by atoms with E-state index in [1.54, 1.807) is 0 Å². The molecule has 0 radical (unpaired) electrons. The Kier molecular flexibility index (Phi) is 4.10. The minimum Gasteiger partial charge on any atom is -0.450 e. The lowest BCUT2D eigenvalue weighted by Gasteiger charge is -2.44. The summed E-state index contributed by atoms with van der Waals surface area (Å²) in [6.45, 7) is 7.83. The molecule has 19 heavy (non-hydrogen) atoms. The molecule has 0 saturated carbocycles. The molecule has 1 aliphatic rings. The molecule has 0 aromatic heterocycles. The van der Waals surface area contributed by atoms with Crippen molar-refractivity contribution in [3.63, 3.8) is 0 Å². The summed E-state index contributed by atoms with van der Waals surface area (Å²) in [5, 5.41) is 3.48. The van der Waals surface area contributed by atoms with Crippen LogP contribution in [-0.2, 0) is 4.74 Å². The van der Waals surface area contributed by atoms with Crippen molar-refractivity contribution in [3.8, 4) is 0 Å². The van der Waals surface area contributed by atoms with Crippen LogP contribution in [-0.4, -0.2) is 36.2 Å². The second-order valence-electron chi connectivity index (χ2n) is 5.52. The third-order valence-electron chi connectivity index (χ3n) is 3.40. The highest BCUT2D eigenvalue weighted by molar-refractivity contribution is 5.68. The first kappa shape index (κ1) is 13.9. The van der Waals surface area contributed by atoms with E-state index in [1.165, 1.54) is 0 Å². The van der Waals surface area contributed by atoms with Gasteiger partial charge in [0.25, 0.3) is 0 Å². The average molecular weight is 262 g/mol. The SMILES string of the molecule is CCOC(=O)N1CC(C)(C)NCC1c1ccccc1. The van der Waals surface area contributed by atoms with E-state index in [-0.39, 0.29) is 17.7 Å². The topological polar surface area (TPSA) is 41.6 Å². The van der Waals surface area contributed by atoms with Crippen molar-refractivity contribution < 1.29 is 9.53 Å². The minimum atomic E-state index is -0.231. The lowest BCUT2D eigenvalue weighted by Crippen LogP contribution is -2.59. The van der Waals surface area contributed by atoms with Gasteiger partial charge in [0, 0.05) is 18.6 Å². The molecule has 0 bridgehead atoms. The van der Waals surface area contributed by atoms with Crippen LogP contribution in [0.1, 0.15) is 32.4 Å². The molecule has 2 rings (SSSR count). The zero-order valence-electron chi connectivity index (χ0n) is 11.8. The maximum atomic E-state index is 12.1. The van der Waals surface area contributed by atoms with Crippen molar-refractivity contribution in [3.05, 3.63) is 35.9 Å². The smallest absolute Gasteiger partial charge is 0.410 e. The highest BCUT2D eigenvalue weighted by Crippen LogP contribution is 2.27. The Bertz CT molecular complexity index is 431. The number of carbonyl (C=O) groups excluding carboxylic acids is 1. The summed E-state index contributed by atoms with van der Waals surface area (Å²) < 4.78 is 5.19. The van der Waals surface area contributed by atoms with Gasteiger partial charge in [0.05, 0.1) is 12.6 Å². The summed E-state index contributed by atoms with van der Waals surface area (Å²) in [5.74, 6) is 0. The number of benzene rings is 1. The summed E-state index contributed by atoms with van der Waals surface area (Å²) in [6.07, 6.45) is -0.231. The molecular weight excluding hydrogens is 240 g/mol. The van der Waals surface area contributed by atoms with Crippen LogP contribution >= 0.6 is 0 Å². The first-order valence-corrected chi connectivity index (χ1v) is 6.77. The van der Waals surface area contributed by atoms with E-state index in [2.05, 4.69) is 31.3 Å². The molecule has 1 aromatic rings. The Balaban J connectivity index is 2.23. The molecule has 104 valence electrons. The van der Waals surface area contributed by atoms with Gasteiger partial charge < -0.3 is 10.1 Å². The normalized spacial score (nSPS) is 22.1. The molecule has 4 heteroatoms. The molecular formula is C15H22N2O2. The fourth-order valence-corrected chi connectivity index (χ4v) is 2.45. The van der Waals surface area contributed by atoms with Crippen LogP contribution in [0.25, 0.3) is 0 Å². The molecule has 0 spiro atoms. The maximum Gasteiger partial charge on any atom is 0.410 e. The molecule has 1 amide bonds. The predicted octanol–water partition coefficient (Wildman–Crippen LogP) is 2.57. The molecule has 1 fully saturated rings. The second kappa shape index (κ2) is 5.61. The molecule has 1 aliphatic heterocycles. The highest BCUT2D eigenvalue weighted by Gasteiger charge is 2.36. The van der Waals surface area contributed by atoms with Crippen molar-refractivity contribution in [2.75, 3.05) is 19.7 Å². The van der Waals surface area contributed by atoms with Gasteiger partial charge in [0.15, 0.2) is 0 Å². The molecule has 1 N–H and O–H groups in total. The molecule has 1 saturated heterocycles. The summed E-state index contributed by atoms with van der Waals surface area (Å²) >= 11 is 0. The number of nitrogens with one attached hydrogen (secondary N) is 1. The van der Waals surface area contributed by atoms with Gasteiger partial charge in [-0.25, -0.2) is 4.79 Å². The molecule has 1 unspecified atom stereocenters. The molecule has 1 atom stereocenters. The van der Waals surface area contributed by atoms with Gasteiger partial charge in [-0.05, 0) is 26.3 Å². The monoisotopic (exact) mass is 262 g/mol. The van der Waals surface area contributed by atoms with Crippen molar-refractivity contribution in [1.29, 1.82) is 0 Å². The van der Waals surface area contributed by atoms with Crippen molar-refractivity contribution in [1.82, 2.24) is 10.2 Å². The van der Waals surface area contributed by atoms with Crippen LogP contribution in [0.4, 0.5) is 4.79 Å². The van der Waals surface area contributed by atoms with E-state index in [0.29, 0.717) is 13.2 Å². The zero-order chi connectivity index (χ0) is 13.9. The van der Waals surface area contributed by atoms with Gasteiger partial charge in [-0.15, -0.1) is 0 Å². The molecule has 1 heterocycles. The van der Waals surface area contributed by atoms with Crippen LogP contribution in [0.2, 0.25) is 0 Å². The van der Waals surface area contributed by atoms with E-state index in [4.69, 9.17) is 4.74 Å². The molecule has 4 nitrogen and oxygen atoms in total. The van der Waals surface area contributed by atoms with Gasteiger partial charge in [0.2, 0.25) is 0 Å². The van der Waals surface area contributed by atoms with Crippen LogP contribution in [0, 0.1) is 0 Å². The lowest BCUT2D eigenvalue weighted by molar-refractivity contribution is 0.0568. The average Bonchev–Trinajstić information content (AvgIpc) is 2.39. The number of amides is 1. The lowest BCUT2D eigenvalue weighted by atomic mass is 9.95. The zero-order valence-corrected chi connectivity index (χ0v) is 11.8. The summed E-state index contributed by atoms with van der Waals surface area (Å²) in [4.78, 5) is 14.0. The Morgan fingerprint density at radius 3 is 2.74 bits per heavy atom. The van der Waals surface area contributed by atoms with Gasteiger partial charge in [-0.3, -0.25) is 4.90 Å². The second-order valence-corrected chi connectivity index (χ2v) is 5.52. The van der Waals surface area contributed by atoms with Gasteiger partial charge in [-0.2, -0.15) is 0 Å². The Labute approximate surface area is 114 Å². The van der Waals surface area contributed by atoms with Crippen LogP contribution in [0.5, 0.6) is 0 Å². The Morgan fingerprint density at radius 1 is 1.42 bits per heavy atom. The number of nitrogens with zero attached hydrogens (tertiary/aromatic N) is 1. The number of carbonyl (C=O) groups is 1. The molecule has 0 aliphatic carbocycles. The predicted molar refractivity (Wildman–Crippen MR) is 75.0 cm³/mol. The van der Waals surface area contributed by atoms with Crippen LogP contribution in [0.3, 0.4) is 0 Å². The third-order valence-corrected chi connectivity index (χ3v) is 3.40. The summed E-state index contributed by atoms with van der Waals surface area (Å²) in [5.41, 5.74) is 1.05. The fourth-order valence-electron chi connectivity index (χ4n) is 2.45. The van der Waals surface area contributed by atoms with E-state index < -0.39 is 0 Å². The minimum absolute atomic E-state index is 0.0354. The Morgan fingerprint density at radius 2 is 2.11 bits per heavy atom. The quantitative estimate of drug-likeness (QED) is 0.890. The number of rotatable bonds is 2. The number of piperazine rings is 1. The van der Waals surface area contributed by atoms with Crippen molar-refractivity contribution >= 4 is 6.09 Å². The summed E-state index contributed by atoms with van der Waals surface area (Å²) in [6, 6.07) is 10.1. The van der Waals surface area contributed by atoms with Gasteiger partial charge >= 0.3 is 6.09 Å². The van der Waals surface area contributed by atoms with Crippen LogP contribution < -0.4 is 5.32 Å². The van der Waals surface area contributed by atoms with E-state index in [0.717, 1.165) is 12.1 Å². The Hall–Kier alpha value is -1.55. The maximum absolute atomic E-state index is 12.1.